The molecule has 0 unspecified atom stereocenters. The number of carbonyl (C=O) groups excluding carboxylic acids is 1. The van der Waals surface area contributed by atoms with Crippen molar-refractivity contribution in [1.82, 2.24) is 9.78 Å². The fourth-order valence-corrected chi connectivity index (χ4v) is 4.17. The van der Waals surface area contributed by atoms with Crippen LogP contribution in [0.15, 0.2) is 42.5 Å². The van der Waals surface area contributed by atoms with E-state index in [4.69, 9.17) is 25.8 Å². The second-order valence-electron chi connectivity index (χ2n) is 7.76. The number of methoxy groups -OCH3 is 1. The smallest absolute Gasteiger partial charge is 0.410 e. The van der Waals surface area contributed by atoms with Crippen molar-refractivity contribution in [3.05, 3.63) is 58.7 Å². The van der Waals surface area contributed by atoms with Gasteiger partial charge < -0.3 is 24.8 Å². The van der Waals surface area contributed by atoms with Gasteiger partial charge in [0.15, 0.2) is 23.2 Å². The van der Waals surface area contributed by atoms with E-state index in [-0.39, 0.29) is 30.4 Å². The number of nitrogens with one attached hydrogen (secondary N) is 2. The zero-order valence-corrected chi connectivity index (χ0v) is 18.4. The third-order valence-electron chi connectivity index (χ3n) is 5.63. The standard InChI is InChI=1S/C22H18ClF3N4O4/c1-32-16-5-3-12(23)7-14(16)28-21(31)15-9-20-27-13(8-19(22(24,25)26)30(20)29-15)11-2-4-17-18(6-11)34-10-33-17/h2-7,9,13,19,27H,8,10H2,1H3,(H,28,31)/t13-,19-/m1/s1. The number of hydrogen-bond donors (Lipinski definition) is 2. The van der Waals surface area contributed by atoms with Crippen LogP contribution in [0.1, 0.15) is 34.6 Å². The summed E-state index contributed by atoms with van der Waals surface area (Å²) in [7, 11) is 1.42. The van der Waals surface area contributed by atoms with Gasteiger partial charge in [0, 0.05) is 17.5 Å². The van der Waals surface area contributed by atoms with Crippen molar-refractivity contribution >= 4 is 29.0 Å². The summed E-state index contributed by atoms with van der Waals surface area (Å²) in [6.45, 7) is 0.0602. The Balaban J connectivity index is 1.45. The number of hydrogen-bond acceptors (Lipinski definition) is 6. The van der Waals surface area contributed by atoms with Crippen molar-refractivity contribution in [3.63, 3.8) is 0 Å². The summed E-state index contributed by atoms with van der Waals surface area (Å²) in [4.78, 5) is 12.8. The molecule has 34 heavy (non-hydrogen) atoms. The number of alkyl halides is 3. The monoisotopic (exact) mass is 494 g/mol. The van der Waals surface area contributed by atoms with Crippen LogP contribution in [-0.2, 0) is 0 Å². The number of benzene rings is 2. The van der Waals surface area contributed by atoms with Gasteiger partial charge in [-0.3, -0.25) is 4.79 Å². The quantitative estimate of drug-likeness (QED) is 0.519. The highest BCUT2D eigenvalue weighted by molar-refractivity contribution is 6.31. The number of amides is 1. The molecule has 12 heteroatoms. The minimum absolute atomic E-state index is 0.0602. The molecule has 2 aliphatic rings. The summed E-state index contributed by atoms with van der Waals surface area (Å²) < 4.78 is 58.5. The Morgan fingerprint density at radius 3 is 2.76 bits per heavy atom. The second kappa shape index (κ2) is 8.32. The first kappa shape index (κ1) is 22.2. The van der Waals surface area contributed by atoms with Gasteiger partial charge in [0.05, 0.1) is 18.8 Å². The molecule has 0 spiro atoms. The lowest BCUT2D eigenvalue weighted by atomic mass is 9.96. The van der Waals surface area contributed by atoms with Crippen LogP contribution in [0.25, 0.3) is 0 Å². The van der Waals surface area contributed by atoms with E-state index in [2.05, 4.69) is 15.7 Å². The maximum Gasteiger partial charge on any atom is 0.410 e. The predicted octanol–water partition coefficient (Wildman–Crippen LogP) is 5.19. The number of anilines is 2. The first-order chi connectivity index (χ1) is 16.2. The zero-order valence-electron chi connectivity index (χ0n) is 17.6. The number of ether oxygens (including phenoxy) is 3. The molecule has 1 aromatic heterocycles. The summed E-state index contributed by atoms with van der Waals surface area (Å²) in [6, 6.07) is 8.28. The molecule has 2 atom stereocenters. The molecule has 0 fully saturated rings. The van der Waals surface area contributed by atoms with Gasteiger partial charge in [0.1, 0.15) is 11.6 Å². The number of aromatic nitrogens is 2. The highest BCUT2D eigenvalue weighted by Gasteiger charge is 2.47. The maximum atomic E-state index is 14.0. The van der Waals surface area contributed by atoms with Gasteiger partial charge in [-0.15, -0.1) is 0 Å². The average Bonchev–Trinajstić information content (AvgIpc) is 3.44. The second-order valence-corrected chi connectivity index (χ2v) is 8.20. The molecule has 2 N–H and O–H groups in total. The molecule has 178 valence electrons. The third-order valence-corrected chi connectivity index (χ3v) is 5.87. The molecule has 8 nitrogen and oxygen atoms in total. The van der Waals surface area contributed by atoms with Crippen molar-refractivity contribution in [2.24, 2.45) is 0 Å². The number of carbonyl (C=O) groups is 1. The van der Waals surface area contributed by atoms with E-state index in [0.29, 0.717) is 27.8 Å². The highest BCUT2D eigenvalue weighted by atomic mass is 35.5. The molecule has 0 radical (unpaired) electrons. The van der Waals surface area contributed by atoms with Gasteiger partial charge in [0.25, 0.3) is 5.91 Å². The summed E-state index contributed by atoms with van der Waals surface area (Å²) in [6.07, 6.45) is -4.90. The van der Waals surface area contributed by atoms with Crippen molar-refractivity contribution in [2.45, 2.75) is 24.7 Å². The highest BCUT2D eigenvalue weighted by Crippen LogP contribution is 2.45. The largest absolute Gasteiger partial charge is 0.495 e. The molecule has 1 amide bonds. The van der Waals surface area contributed by atoms with Gasteiger partial charge in [-0.05, 0) is 35.9 Å². The summed E-state index contributed by atoms with van der Waals surface area (Å²) in [5.74, 6) is 0.713. The lowest BCUT2D eigenvalue weighted by molar-refractivity contribution is -0.173. The number of nitrogens with zero attached hydrogens (tertiary/aromatic N) is 2. The Bertz CT molecular complexity index is 1260. The normalized spacial score (nSPS) is 18.7. The van der Waals surface area contributed by atoms with Crippen LogP contribution in [0.3, 0.4) is 0 Å². The van der Waals surface area contributed by atoms with E-state index < -0.39 is 24.2 Å². The van der Waals surface area contributed by atoms with Gasteiger partial charge in [-0.2, -0.15) is 18.3 Å². The third kappa shape index (κ3) is 4.07. The van der Waals surface area contributed by atoms with Crippen LogP contribution < -0.4 is 24.8 Å². The first-order valence-electron chi connectivity index (χ1n) is 10.2. The van der Waals surface area contributed by atoms with Crippen LogP contribution in [-0.4, -0.2) is 35.8 Å². The molecule has 0 aliphatic carbocycles. The lowest BCUT2D eigenvalue weighted by Crippen LogP contribution is -2.35. The summed E-state index contributed by atoms with van der Waals surface area (Å²) in [5, 5.41) is 9.96. The summed E-state index contributed by atoms with van der Waals surface area (Å²) in [5.41, 5.74) is 0.676. The zero-order chi connectivity index (χ0) is 24.0. The molecule has 2 aliphatic heterocycles. The van der Waals surface area contributed by atoms with E-state index in [9.17, 15) is 18.0 Å². The van der Waals surface area contributed by atoms with Crippen LogP contribution in [0, 0.1) is 0 Å². The van der Waals surface area contributed by atoms with Gasteiger partial charge in [0.2, 0.25) is 6.79 Å². The van der Waals surface area contributed by atoms with Gasteiger partial charge in [-0.25, -0.2) is 4.68 Å². The Kier molecular flexibility index (Phi) is 5.43. The average molecular weight is 495 g/mol. The molecule has 0 saturated carbocycles. The Morgan fingerprint density at radius 1 is 1.21 bits per heavy atom. The van der Waals surface area contributed by atoms with E-state index in [1.165, 1.54) is 19.2 Å². The number of fused-ring (bicyclic) bond motifs is 2. The van der Waals surface area contributed by atoms with E-state index in [0.717, 1.165) is 4.68 Å². The molecule has 2 aromatic carbocycles. The van der Waals surface area contributed by atoms with Gasteiger partial charge >= 0.3 is 6.18 Å². The number of halogens is 4. The molecule has 0 saturated heterocycles. The molecular formula is C22H18ClF3N4O4. The molecule has 3 heterocycles. The Labute approximate surface area is 196 Å². The number of rotatable bonds is 4. The molecule has 0 bridgehead atoms. The van der Waals surface area contributed by atoms with Crippen LogP contribution in [0.2, 0.25) is 5.02 Å². The summed E-state index contributed by atoms with van der Waals surface area (Å²) >= 11 is 5.99. The fraction of sp³-hybridized carbons (Fsp3) is 0.273. The van der Waals surface area contributed by atoms with E-state index in [1.54, 1.807) is 30.3 Å². The molecule has 5 rings (SSSR count). The Hall–Kier alpha value is -3.60. The Morgan fingerprint density at radius 2 is 2.00 bits per heavy atom. The molecule has 3 aromatic rings. The lowest BCUT2D eigenvalue weighted by Gasteiger charge is -2.33. The van der Waals surface area contributed by atoms with Crippen molar-refractivity contribution in [3.8, 4) is 17.2 Å². The van der Waals surface area contributed by atoms with Crippen molar-refractivity contribution in [2.75, 3.05) is 24.5 Å². The van der Waals surface area contributed by atoms with Gasteiger partial charge in [-0.1, -0.05) is 17.7 Å². The first-order valence-corrected chi connectivity index (χ1v) is 10.6. The predicted molar refractivity (Wildman–Crippen MR) is 117 cm³/mol. The minimum atomic E-state index is -4.58. The topological polar surface area (TPSA) is 86.6 Å². The van der Waals surface area contributed by atoms with Crippen LogP contribution in [0.4, 0.5) is 24.7 Å². The van der Waals surface area contributed by atoms with Crippen LogP contribution in [0.5, 0.6) is 17.2 Å². The van der Waals surface area contributed by atoms with E-state index in [1.807, 2.05) is 0 Å². The van der Waals surface area contributed by atoms with Crippen molar-refractivity contribution in [1.29, 1.82) is 0 Å². The fourth-order valence-electron chi connectivity index (χ4n) is 4.00. The molecular weight excluding hydrogens is 477 g/mol. The minimum Gasteiger partial charge on any atom is -0.495 e. The van der Waals surface area contributed by atoms with Crippen molar-refractivity contribution < 1.29 is 32.2 Å². The maximum absolute atomic E-state index is 14.0. The SMILES string of the molecule is COc1ccc(Cl)cc1NC(=O)c1cc2n(n1)[C@@H](C(F)(F)F)C[C@H](c1ccc3c(c1)OCO3)N2. The van der Waals surface area contributed by atoms with Crippen LogP contribution >= 0.6 is 11.6 Å². The van der Waals surface area contributed by atoms with E-state index >= 15 is 0 Å².